The molecule has 1 N–H and O–H groups in total. The molecule has 0 fully saturated rings. The number of para-hydroxylation sites is 1. The van der Waals surface area contributed by atoms with Gasteiger partial charge in [-0.3, -0.25) is 4.79 Å². The molecule has 0 unspecified atom stereocenters. The summed E-state index contributed by atoms with van der Waals surface area (Å²) < 4.78 is 3.74. The molecule has 0 saturated heterocycles. The molecule has 2 aromatic heterocycles. The number of rotatable bonds is 4. The Hall–Kier alpha value is -3.60. The van der Waals surface area contributed by atoms with Gasteiger partial charge in [0.1, 0.15) is 5.69 Å². The normalized spacial score (nSPS) is 10.6. The average Bonchev–Trinajstić information content (AvgIpc) is 3.32. The molecule has 0 radical (unpaired) electrons. The topological polar surface area (TPSA) is 51.9 Å². The van der Waals surface area contributed by atoms with Crippen LogP contribution in [0.15, 0.2) is 91.4 Å². The van der Waals surface area contributed by atoms with E-state index in [2.05, 4.69) is 10.4 Å². The fraction of sp³-hybridized carbons (Fsp3) is 0. The molecule has 1 amide bonds. The van der Waals surface area contributed by atoms with Gasteiger partial charge in [-0.2, -0.15) is 5.10 Å². The number of aromatic nitrogens is 3. The van der Waals surface area contributed by atoms with Gasteiger partial charge in [0.2, 0.25) is 0 Å². The molecule has 122 valence electrons. The van der Waals surface area contributed by atoms with E-state index in [9.17, 15) is 4.79 Å². The third-order valence-electron chi connectivity index (χ3n) is 3.88. The molecule has 0 spiro atoms. The van der Waals surface area contributed by atoms with Crippen LogP contribution in [0.25, 0.3) is 11.5 Å². The second-order valence-corrected chi connectivity index (χ2v) is 5.54. The number of hydrogen-bond donors (Lipinski definition) is 1. The van der Waals surface area contributed by atoms with Crippen molar-refractivity contribution in [2.75, 3.05) is 5.32 Å². The van der Waals surface area contributed by atoms with Crippen LogP contribution in [0.5, 0.6) is 0 Å². The van der Waals surface area contributed by atoms with Crippen LogP contribution in [-0.4, -0.2) is 20.3 Å². The van der Waals surface area contributed by atoms with Crippen molar-refractivity contribution in [1.82, 2.24) is 14.3 Å². The molecule has 0 aliphatic heterocycles. The molecule has 0 aliphatic rings. The van der Waals surface area contributed by atoms with Crippen molar-refractivity contribution >= 4 is 11.6 Å². The molecule has 0 saturated carbocycles. The predicted octanol–water partition coefficient (Wildman–Crippen LogP) is 3.92. The Bertz CT molecular complexity index is 973. The number of hydrogen-bond acceptors (Lipinski definition) is 2. The molecule has 2 heterocycles. The first-order chi connectivity index (χ1) is 12.3. The summed E-state index contributed by atoms with van der Waals surface area (Å²) >= 11 is 0. The van der Waals surface area contributed by atoms with Crippen LogP contribution < -0.4 is 5.32 Å². The fourth-order valence-electron chi connectivity index (χ4n) is 2.70. The molecule has 25 heavy (non-hydrogen) atoms. The van der Waals surface area contributed by atoms with Gasteiger partial charge in [-0.05, 0) is 36.4 Å². The van der Waals surface area contributed by atoms with Gasteiger partial charge in [-0.15, -0.1) is 0 Å². The molecule has 4 aromatic rings. The molecule has 0 aliphatic carbocycles. The van der Waals surface area contributed by atoms with Gasteiger partial charge in [0.25, 0.3) is 5.91 Å². The van der Waals surface area contributed by atoms with Crippen LogP contribution in [0.4, 0.5) is 5.69 Å². The third-order valence-corrected chi connectivity index (χ3v) is 3.88. The molecular formula is C20H16N4O. The lowest BCUT2D eigenvalue weighted by Gasteiger charge is -2.11. The van der Waals surface area contributed by atoms with Gasteiger partial charge < -0.3 is 9.88 Å². The van der Waals surface area contributed by atoms with Gasteiger partial charge in [0.15, 0.2) is 5.82 Å². The zero-order valence-corrected chi connectivity index (χ0v) is 13.4. The molecular weight excluding hydrogens is 312 g/mol. The summed E-state index contributed by atoms with van der Waals surface area (Å²) in [6.45, 7) is 0. The molecule has 0 atom stereocenters. The van der Waals surface area contributed by atoms with Crippen LogP contribution in [0.3, 0.4) is 0 Å². The highest BCUT2D eigenvalue weighted by atomic mass is 16.1. The average molecular weight is 328 g/mol. The quantitative estimate of drug-likeness (QED) is 0.617. The first-order valence-electron chi connectivity index (χ1n) is 7.96. The zero-order valence-electron chi connectivity index (χ0n) is 13.4. The summed E-state index contributed by atoms with van der Waals surface area (Å²) in [6, 6.07) is 22.8. The van der Waals surface area contributed by atoms with E-state index in [-0.39, 0.29) is 5.91 Å². The van der Waals surface area contributed by atoms with E-state index in [4.69, 9.17) is 0 Å². The van der Waals surface area contributed by atoms with Crippen LogP contribution in [0, 0.1) is 0 Å². The highest BCUT2D eigenvalue weighted by Gasteiger charge is 2.16. The van der Waals surface area contributed by atoms with E-state index in [1.807, 2.05) is 77.6 Å². The van der Waals surface area contributed by atoms with Gasteiger partial charge in [-0.25, -0.2) is 4.68 Å². The maximum atomic E-state index is 12.5. The van der Waals surface area contributed by atoms with Crippen LogP contribution in [-0.2, 0) is 0 Å². The Labute approximate surface area is 145 Å². The van der Waals surface area contributed by atoms with Crippen molar-refractivity contribution in [2.45, 2.75) is 0 Å². The van der Waals surface area contributed by atoms with Crippen molar-refractivity contribution in [1.29, 1.82) is 0 Å². The number of nitrogens with zero attached hydrogens (tertiary/aromatic N) is 3. The smallest absolute Gasteiger partial charge is 0.255 e. The van der Waals surface area contributed by atoms with Crippen LogP contribution in [0.2, 0.25) is 0 Å². The summed E-state index contributed by atoms with van der Waals surface area (Å²) in [5, 5.41) is 7.43. The Kier molecular flexibility index (Phi) is 3.88. The Morgan fingerprint density at radius 2 is 1.48 bits per heavy atom. The van der Waals surface area contributed by atoms with Crippen molar-refractivity contribution in [3.63, 3.8) is 0 Å². The van der Waals surface area contributed by atoms with E-state index in [1.165, 1.54) is 0 Å². The first-order valence-corrected chi connectivity index (χ1v) is 7.96. The van der Waals surface area contributed by atoms with E-state index >= 15 is 0 Å². The number of anilines is 1. The van der Waals surface area contributed by atoms with E-state index in [1.54, 1.807) is 23.0 Å². The molecule has 5 nitrogen and oxygen atoms in total. The standard InChI is InChI=1S/C20H16N4O/c25-19(16-9-3-1-4-10-16)22-18-15-21-24(17-11-5-2-6-12-17)20(18)23-13-7-8-14-23/h1-15H,(H,22,25). The lowest BCUT2D eigenvalue weighted by molar-refractivity contribution is 0.102. The third kappa shape index (κ3) is 2.95. The zero-order chi connectivity index (χ0) is 17.1. The summed E-state index contributed by atoms with van der Waals surface area (Å²) in [5.41, 5.74) is 2.17. The fourth-order valence-corrected chi connectivity index (χ4v) is 2.70. The largest absolute Gasteiger partial charge is 0.317 e. The van der Waals surface area contributed by atoms with Crippen molar-refractivity contribution in [3.8, 4) is 11.5 Å². The Balaban J connectivity index is 1.76. The number of amides is 1. The number of carbonyl (C=O) groups is 1. The van der Waals surface area contributed by atoms with Gasteiger partial charge in [0.05, 0.1) is 11.9 Å². The molecule has 4 rings (SSSR count). The van der Waals surface area contributed by atoms with Crippen molar-refractivity contribution in [3.05, 3.63) is 97.0 Å². The lowest BCUT2D eigenvalue weighted by Crippen LogP contribution is -2.14. The Morgan fingerprint density at radius 3 is 2.16 bits per heavy atom. The monoisotopic (exact) mass is 328 g/mol. The molecule has 0 bridgehead atoms. The van der Waals surface area contributed by atoms with Gasteiger partial charge in [-0.1, -0.05) is 36.4 Å². The second-order valence-electron chi connectivity index (χ2n) is 5.54. The van der Waals surface area contributed by atoms with Gasteiger partial charge in [0, 0.05) is 18.0 Å². The van der Waals surface area contributed by atoms with Crippen LogP contribution >= 0.6 is 0 Å². The SMILES string of the molecule is O=C(Nc1cnn(-c2ccccc2)c1-n1cccc1)c1ccccc1. The second kappa shape index (κ2) is 6.49. The summed E-state index contributed by atoms with van der Waals surface area (Å²) in [5.74, 6) is 0.613. The highest BCUT2D eigenvalue weighted by Crippen LogP contribution is 2.24. The first kappa shape index (κ1) is 15.0. The summed E-state index contributed by atoms with van der Waals surface area (Å²) in [7, 11) is 0. The minimum absolute atomic E-state index is 0.165. The highest BCUT2D eigenvalue weighted by molar-refractivity contribution is 6.05. The van der Waals surface area contributed by atoms with Crippen LogP contribution in [0.1, 0.15) is 10.4 Å². The summed E-state index contributed by atoms with van der Waals surface area (Å²) in [6.07, 6.45) is 5.52. The maximum Gasteiger partial charge on any atom is 0.255 e. The lowest BCUT2D eigenvalue weighted by atomic mass is 10.2. The summed E-state index contributed by atoms with van der Waals surface area (Å²) in [4.78, 5) is 12.5. The predicted molar refractivity (Wildman–Crippen MR) is 97.3 cm³/mol. The minimum Gasteiger partial charge on any atom is -0.317 e. The van der Waals surface area contributed by atoms with E-state index < -0.39 is 0 Å². The molecule has 2 aromatic carbocycles. The maximum absolute atomic E-state index is 12.5. The van der Waals surface area contributed by atoms with E-state index in [0.717, 1.165) is 11.5 Å². The van der Waals surface area contributed by atoms with Gasteiger partial charge >= 0.3 is 0 Å². The number of carbonyl (C=O) groups excluding carboxylic acids is 1. The van der Waals surface area contributed by atoms with E-state index in [0.29, 0.717) is 11.3 Å². The Morgan fingerprint density at radius 1 is 0.840 bits per heavy atom. The minimum atomic E-state index is -0.165. The van der Waals surface area contributed by atoms with Crippen molar-refractivity contribution < 1.29 is 4.79 Å². The molecule has 5 heteroatoms. The van der Waals surface area contributed by atoms with Crippen molar-refractivity contribution in [2.24, 2.45) is 0 Å². The number of nitrogens with one attached hydrogen (secondary N) is 1. The number of benzene rings is 2.